The van der Waals surface area contributed by atoms with Crippen molar-refractivity contribution in [3.8, 4) is 0 Å². The summed E-state index contributed by atoms with van der Waals surface area (Å²) in [6.45, 7) is -0.0312. The summed E-state index contributed by atoms with van der Waals surface area (Å²) in [6.07, 6.45) is 1.16. The predicted molar refractivity (Wildman–Crippen MR) is 29.7 cm³/mol. The number of aliphatic hydroxyl groups excluding tert-OH is 1. The molecule has 0 amide bonds. The van der Waals surface area contributed by atoms with Crippen molar-refractivity contribution in [2.45, 2.75) is 0 Å². The molecule has 0 atom stereocenters. The zero-order chi connectivity index (χ0) is 7.11. The maximum Gasteiger partial charge on any atom is 0.151 e. The Morgan fingerprint density at radius 2 is 2.44 bits per heavy atom. The van der Waals surface area contributed by atoms with Crippen LogP contribution in [-0.4, -0.2) is 25.1 Å². The molecule has 0 spiro atoms. The second-order valence-corrected chi connectivity index (χ2v) is 1.25. The van der Waals surface area contributed by atoms with Crippen LogP contribution < -0.4 is 0 Å². The van der Waals surface area contributed by atoms with Crippen LogP contribution in [0.5, 0.6) is 0 Å². The molecule has 0 rings (SSSR count). The Hall–Kier alpha value is -0.870. The molecule has 0 radical (unpaired) electrons. The second-order valence-electron chi connectivity index (χ2n) is 1.25. The van der Waals surface area contributed by atoms with Crippen LogP contribution in [0.25, 0.3) is 0 Å². The lowest BCUT2D eigenvalue weighted by molar-refractivity contribution is -0.264. The third kappa shape index (κ3) is 3.69. The molecule has 1 N–H and O–H groups in total. The van der Waals surface area contributed by atoms with Crippen LogP contribution in [0.3, 0.4) is 0 Å². The van der Waals surface area contributed by atoms with E-state index in [-0.39, 0.29) is 12.2 Å². The van der Waals surface area contributed by atoms with Gasteiger partial charge in [0, 0.05) is 0 Å². The molecule has 0 heterocycles. The average Bonchev–Trinajstić information content (AvgIpc) is 1.91. The summed E-state index contributed by atoms with van der Waals surface area (Å²) in [5.41, 5.74) is 0.136. The van der Waals surface area contributed by atoms with E-state index in [1.807, 2.05) is 0 Å². The number of hydrogen-bond acceptors (Lipinski definition) is 4. The quantitative estimate of drug-likeness (QED) is 0.195. The molecule has 0 saturated heterocycles. The van der Waals surface area contributed by atoms with Gasteiger partial charge in [0.2, 0.25) is 0 Å². The van der Waals surface area contributed by atoms with Gasteiger partial charge in [0.25, 0.3) is 0 Å². The lowest BCUT2D eigenvalue weighted by atomic mass is 10.4. The molecular formula is C5H8O4. The Labute approximate surface area is 52.6 Å². The molecule has 0 aliphatic carbocycles. The van der Waals surface area contributed by atoms with Crippen molar-refractivity contribution in [1.29, 1.82) is 0 Å². The first-order valence-electron chi connectivity index (χ1n) is 2.29. The van der Waals surface area contributed by atoms with Gasteiger partial charge in [-0.25, -0.2) is 9.78 Å². The molecule has 0 aromatic carbocycles. The van der Waals surface area contributed by atoms with Crippen LogP contribution in [0.15, 0.2) is 11.8 Å². The summed E-state index contributed by atoms with van der Waals surface area (Å²) in [4.78, 5) is 18.4. The summed E-state index contributed by atoms with van der Waals surface area (Å²) >= 11 is 0. The first kappa shape index (κ1) is 8.13. The predicted octanol–water partition coefficient (Wildman–Crippen LogP) is 0.205. The van der Waals surface area contributed by atoms with Crippen LogP contribution in [0, 0.1) is 0 Å². The fourth-order valence-corrected chi connectivity index (χ4v) is 0.229. The molecule has 0 aromatic heterocycles. The molecule has 0 saturated carbocycles. The number of aliphatic hydroxyl groups is 1. The van der Waals surface area contributed by atoms with Crippen LogP contribution in [-0.2, 0) is 14.6 Å². The summed E-state index contributed by atoms with van der Waals surface area (Å²) in [5.74, 6) is 0. The Morgan fingerprint density at radius 3 is 2.78 bits per heavy atom. The molecule has 0 aliphatic heterocycles. The van der Waals surface area contributed by atoms with Gasteiger partial charge in [0.1, 0.15) is 6.61 Å². The topological polar surface area (TPSA) is 55.8 Å². The fraction of sp³-hybridized carbons (Fsp3) is 0.400. The normalized spacial score (nSPS) is 11.4. The van der Waals surface area contributed by atoms with E-state index in [0.717, 1.165) is 0 Å². The van der Waals surface area contributed by atoms with Crippen LogP contribution in [0.4, 0.5) is 0 Å². The van der Waals surface area contributed by atoms with Crippen LogP contribution in [0.2, 0.25) is 0 Å². The molecule has 0 fully saturated rings. The summed E-state index contributed by atoms with van der Waals surface area (Å²) in [5, 5.41) is 8.22. The van der Waals surface area contributed by atoms with Crippen molar-refractivity contribution in [2.24, 2.45) is 0 Å². The van der Waals surface area contributed by atoms with Gasteiger partial charge in [-0.3, -0.25) is 4.79 Å². The Balaban J connectivity index is 3.45. The average molecular weight is 132 g/mol. The Kier molecular flexibility index (Phi) is 4.76. The molecule has 4 heteroatoms. The van der Waals surface area contributed by atoms with Gasteiger partial charge in [0.15, 0.2) is 6.29 Å². The minimum atomic E-state index is -0.0312. The smallest absolute Gasteiger partial charge is 0.151 e. The molecule has 0 aromatic rings. The summed E-state index contributed by atoms with van der Waals surface area (Å²) < 4.78 is 0. The maximum absolute atomic E-state index is 9.88. The zero-order valence-electron chi connectivity index (χ0n) is 5.03. The highest BCUT2D eigenvalue weighted by Crippen LogP contribution is 1.87. The number of carbonyl (C=O) groups excluding carboxylic acids is 1. The van der Waals surface area contributed by atoms with Gasteiger partial charge in [-0.1, -0.05) is 0 Å². The number of aldehydes is 1. The van der Waals surface area contributed by atoms with Gasteiger partial charge < -0.3 is 5.11 Å². The standard InChI is InChI=1S/C5H8O4/c1-8-9-4-5(2-6)3-7/h2-3,6H,4H2,1H3/b5-2+. The third-order valence-electron chi connectivity index (χ3n) is 0.661. The second kappa shape index (κ2) is 5.27. The van der Waals surface area contributed by atoms with Crippen molar-refractivity contribution in [2.75, 3.05) is 13.7 Å². The van der Waals surface area contributed by atoms with Gasteiger partial charge >= 0.3 is 0 Å². The number of carbonyl (C=O) groups is 1. The van der Waals surface area contributed by atoms with Crippen molar-refractivity contribution >= 4 is 6.29 Å². The highest BCUT2D eigenvalue weighted by atomic mass is 17.2. The monoisotopic (exact) mass is 132 g/mol. The van der Waals surface area contributed by atoms with Gasteiger partial charge in [-0.15, -0.1) is 0 Å². The van der Waals surface area contributed by atoms with E-state index in [1.54, 1.807) is 0 Å². The first-order chi connectivity index (χ1) is 4.35. The van der Waals surface area contributed by atoms with E-state index >= 15 is 0 Å². The Morgan fingerprint density at radius 1 is 1.78 bits per heavy atom. The summed E-state index contributed by atoms with van der Waals surface area (Å²) in [7, 11) is 1.32. The lowest BCUT2D eigenvalue weighted by Gasteiger charge is -1.95. The van der Waals surface area contributed by atoms with E-state index in [2.05, 4.69) is 9.78 Å². The maximum atomic E-state index is 9.88. The van der Waals surface area contributed by atoms with Crippen molar-refractivity contribution in [1.82, 2.24) is 0 Å². The zero-order valence-corrected chi connectivity index (χ0v) is 5.03. The minimum Gasteiger partial charge on any atom is -0.515 e. The van der Waals surface area contributed by atoms with E-state index in [0.29, 0.717) is 12.5 Å². The number of rotatable bonds is 4. The molecular weight excluding hydrogens is 124 g/mol. The SMILES string of the molecule is COOC/C(C=O)=C/O. The van der Waals surface area contributed by atoms with E-state index in [4.69, 9.17) is 5.11 Å². The molecule has 0 aliphatic rings. The molecule has 52 valence electrons. The van der Waals surface area contributed by atoms with E-state index in [1.165, 1.54) is 7.11 Å². The lowest BCUT2D eigenvalue weighted by Crippen LogP contribution is -1.97. The highest BCUT2D eigenvalue weighted by Gasteiger charge is 1.92. The van der Waals surface area contributed by atoms with Crippen molar-refractivity contribution in [3.63, 3.8) is 0 Å². The van der Waals surface area contributed by atoms with Crippen LogP contribution >= 0.6 is 0 Å². The largest absolute Gasteiger partial charge is 0.515 e. The van der Waals surface area contributed by atoms with Crippen molar-refractivity contribution < 1.29 is 19.7 Å². The third-order valence-corrected chi connectivity index (χ3v) is 0.661. The van der Waals surface area contributed by atoms with Gasteiger partial charge in [-0.05, 0) is 0 Å². The first-order valence-corrected chi connectivity index (χ1v) is 2.29. The van der Waals surface area contributed by atoms with Gasteiger partial charge in [0.05, 0.1) is 18.9 Å². The van der Waals surface area contributed by atoms with Crippen LogP contribution in [0.1, 0.15) is 0 Å². The molecule has 0 bridgehead atoms. The molecule has 9 heavy (non-hydrogen) atoms. The minimum absolute atomic E-state index is 0.0312. The fourth-order valence-electron chi connectivity index (χ4n) is 0.229. The number of hydrogen-bond donors (Lipinski definition) is 1. The van der Waals surface area contributed by atoms with E-state index < -0.39 is 0 Å². The Bertz CT molecular complexity index is 108. The summed E-state index contributed by atoms with van der Waals surface area (Å²) in [6, 6.07) is 0. The molecule has 0 unspecified atom stereocenters. The van der Waals surface area contributed by atoms with Crippen molar-refractivity contribution in [3.05, 3.63) is 11.8 Å². The highest BCUT2D eigenvalue weighted by molar-refractivity contribution is 5.72. The van der Waals surface area contributed by atoms with Gasteiger partial charge in [-0.2, -0.15) is 0 Å². The molecule has 4 nitrogen and oxygen atoms in total. The van der Waals surface area contributed by atoms with E-state index in [9.17, 15) is 4.79 Å².